The van der Waals surface area contributed by atoms with Crippen molar-refractivity contribution in [1.29, 1.82) is 0 Å². The van der Waals surface area contributed by atoms with E-state index in [4.69, 9.17) is 14.2 Å². The fourth-order valence-electron chi connectivity index (χ4n) is 1.76. The van der Waals surface area contributed by atoms with Crippen LogP contribution >= 0.6 is 0 Å². The van der Waals surface area contributed by atoms with Gasteiger partial charge in [0.15, 0.2) is 11.5 Å². The third-order valence-electron chi connectivity index (χ3n) is 2.68. The van der Waals surface area contributed by atoms with Crippen LogP contribution in [0.5, 0.6) is 11.5 Å². The third kappa shape index (κ3) is 2.42. The monoisotopic (exact) mass is 278 g/mol. The van der Waals surface area contributed by atoms with Crippen LogP contribution < -0.4 is 15.0 Å². The lowest BCUT2D eigenvalue weighted by molar-refractivity contribution is 0.0512. The number of carbonyl (C=O) groups excluding carboxylic acids is 1. The first-order valence-electron chi connectivity index (χ1n) is 5.93. The Labute approximate surface area is 114 Å². The first-order valence-corrected chi connectivity index (χ1v) is 5.93. The quantitative estimate of drug-likeness (QED) is 0.843. The second-order valence-electron chi connectivity index (χ2n) is 3.86. The summed E-state index contributed by atoms with van der Waals surface area (Å²) in [5, 5.41) is 0.302. The number of aromatic amines is 1. The standard InChI is InChI=1S/C13H14N2O5/c1-4-20-13(17)11-14-8-6-10(19-3)9(18-2)5-7(8)12(16)15-11/h5-6H,4H2,1-3H3,(H,14,15,16). The van der Waals surface area contributed by atoms with Crippen molar-refractivity contribution in [2.75, 3.05) is 20.8 Å². The molecule has 2 aromatic rings. The predicted molar refractivity (Wildman–Crippen MR) is 71.4 cm³/mol. The lowest BCUT2D eigenvalue weighted by Gasteiger charge is -2.09. The van der Waals surface area contributed by atoms with Gasteiger partial charge in [0.1, 0.15) is 0 Å². The van der Waals surface area contributed by atoms with Gasteiger partial charge in [-0.1, -0.05) is 0 Å². The maximum absolute atomic E-state index is 12.0. The Morgan fingerprint density at radius 2 is 1.90 bits per heavy atom. The molecule has 7 heteroatoms. The fourth-order valence-corrected chi connectivity index (χ4v) is 1.76. The molecule has 0 atom stereocenters. The largest absolute Gasteiger partial charge is 0.493 e. The number of carbonyl (C=O) groups is 1. The highest BCUT2D eigenvalue weighted by Gasteiger charge is 2.15. The van der Waals surface area contributed by atoms with Crippen molar-refractivity contribution in [2.24, 2.45) is 0 Å². The van der Waals surface area contributed by atoms with Crippen molar-refractivity contribution in [1.82, 2.24) is 9.97 Å². The fraction of sp³-hybridized carbons (Fsp3) is 0.308. The van der Waals surface area contributed by atoms with Crippen molar-refractivity contribution >= 4 is 16.9 Å². The molecule has 0 unspecified atom stereocenters. The highest BCUT2D eigenvalue weighted by atomic mass is 16.5. The van der Waals surface area contributed by atoms with Gasteiger partial charge in [-0.2, -0.15) is 0 Å². The molecule has 0 aliphatic carbocycles. The first kappa shape index (κ1) is 13.9. The zero-order valence-corrected chi connectivity index (χ0v) is 11.4. The summed E-state index contributed by atoms with van der Waals surface area (Å²) in [4.78, 5) is 30.0. The van der Waals surface area contributed by atoms with E-state index in [1.165, 1.54) is 26.4 Å². The van der Waals surface area contributed by atoms with Gasteiger partial charge >= 0.3 is 5.97 Å². The minimum absolute atomic E-state index is 0.142. The molecular weight excluding hydrogens is 264 g/mol. The van der Waals surface area contributed by atoms with Crippen LogP contribution in [0.2, 0.25) is 0 Å². The van der Waals surface area contributed by atoms with Crippen LogP contribution in [0.25, 0.3) is 10.9 Å². The number of esters is 1. The Bertz CT molecular complexity index is 708. The number of hydrogen-bond acceptors (Lipinski definition) is 6. The Balaban J connectivity index is 2.65. The van der Waals surface area contributed by atoms with Gasteiger partial charge in [-0.15, -0.1) is 0 Å². The molecule has 1 N–H and O–H groups in total. The smallest absolute Gasteiger partial charge is 0.374 e. The molecule has 2 rings (SSSR count). The molecule has 0 radical (unpaired) electrons. The molecule has 0 saturated heterocycles. The van der Waals surface area contributed by atoms with Crippen LogP contribution in [0.3, 0.4) is 0 Å². The molecule has 0 saturated carbocycles. The summed E-state index contributed by atoms with van der Waals surface area (Å²) in [5.41, 5.74) is -0.117. The Morgan fingerprint density at radius 3 is 2.50 bits per heavy atom. The molecule has 0 bridgehead atoms. The number of ether oxygens (including phenoxy) is 3. The summed E-state index contributed by atoms with van der Waals surface area (Å²) in [6, 6.07) is 3.04. The van der Waals surface area contributed by atoms with E-state index in [1.807, 2.05) is 0 Å². The average molecular weight is 278 g/mol. The van der Waals surface area contributed by atoms with Gasteiger partial charge in [0.2, 0.25) is 5.82 Å². The van der Waals surface area contributed by atoms with Crippen LogP contribution in [0.4, 0.5) is 0 Å². The van der Waals surface area contributed by atoms with E-state index < -0.39 is 11.5 Å². The first-order chi connectivity index (χ1) is 9.60. The van der Waals surface area contributed by atoms with Crippen molar-refractivity contribution in [3.8, 4) is 11.5 Å². The van der Waals surface area contributed by atoms with Crippen LogP contribution in [-0.4, -0.2) is 36.8 Å². The van der Waals surface area contributed by atoms with Crippen molar-refractivity contribution in [3.05, 3.63) is 28.3 Å². The number of methoxy groups -OCH3 is 2. The zero-order valence-electron chi connectivity index (χ0n) is 11.4. The average Bonchev–Trinajstić information content (AvgIpc) is 2.46. The van der Waals surface area contributed by atoms with Crippen molar-refractivity contribution in [3.63, 3.8) is 0 Å². The van der Waals surface area contributed by atoms with E-state index >= 15 is 0 Å². The molecule has 0 amide bonds. The summed E-state index contributed by atoms with van der Waals surface area (Å²) in [5.74, 6) is 0.0157. The number of hydrogen-bond donors (Lipinski definition) is 1. The molecule has 20 heavy (non-hydrogen) atoms. The number of H-pyrrole nitrogens is 1. The molecule has 0 spiro atoms. The highest BCUT2D eigenvalue weighted by Crippen LogP contribution is 2.29. The lowest BCUT2D eigenvalue weighted by Crippen LogP contribution is -2.18. The summed E-state index contributed by atoms with van der Waals surface area (Å²) in [6.07, 6.45) is 0. The number of nitrogens with one attached hydrogen (secondary N) is 1. The SMILES string of the molecule is CCOC(=O)c1nc2cc(OC)c(OC)cc2c(=O)[nH]1. The van der Waals surface area contributed by atoms with E-state index in [-0.39, 0.29) is 12.4 Å². The Kier molecular flexibility index (Phi) is 3.88. The highest BCUT2D eigenvalue weighted by molar-refractivity contribution is 5.89. The summed E-state index contributed by atoms with van der Waals surface area (Å²) in [7, 11) is 2.95. The van der Waals surface area contributed by atoms with Gasteiger partial charge in [0.05, 0.1) is 31.7 Å². The maximum atomic E-state index is 12.0. The van der Waals surface area contributed by atoms with Crippen LogP contribution in [0, 0.1) is 0 Å². The van der Waals surface area contributed by atoms with Gasteiger partial charge in [-0.3, -0.25) is 4.79 Å². The lowest BCUT2D eigenvalue weighted by atomic mass is 10.2. The molecule has 1 aromatic carbocycles. The molecule has 7 nitrogen and oxygen atoms in total. The number of nitrogens with zero attached hydrogens (tertiary/aromatic N) is 1. The Hall–Kier alpha value is -2.57. The molecular formula is C13H14N2O5. The predicted octanol–water partition coefficient (Wildman–Crippen LogP) is 1.12. The van der Waals surface area contributed by atoms with E-state index in [2.05, 4.69) is 9.97 Å². The minimum atomic E-state index is -0.679. The molecule has 106 valence electrons. The number of fused-ring (bicyclic) bond motifs is 1. The zero-order chi connectivity index (χ0) is 14.7. The van der Waals surface area contributed by atoms with E-state index in [0.29, 0.717) is 22.4 Å². The van der Waals surface area contributed by atoms with Gasteiger partial charge in [-0.05, 0) is 13.0 Å². The van der Waals surface area contributed by atoms with Crippen LogP contribution in [0.15, 0.2) is 16.9 Å². The van der Waals surface area contributed by atoms with Gasteiger partial charge < -0.3 is 19.2 Å². The van der Waals surface area contributed by atoms with E-state index in [0.717, 1.165) is 0 Å². The second kappa shape index (κ2) is 5.60. The van der Waals surface area contributed by atoms with Gasteiger partial charge in [-0.25, -0.2) is 9.78 Å². The summed E-state index contributed by atoms with van der Waals surface area (Å²) < 4.78 is 15.1. The topological polar surface area (TPSA) is 90.5 Å². The second-order valence-corrected chi connectivity index (χ2v) is 3.86. The number of benzene rings is 1. The van der Waals surface area contributed by atoms with E-state index in [9.17, 15) is 9.59 Å². The maximum Gasteiger partial charge on any atom is 0.374 e. The van der Waals surface area contributed by atoms with Crippen LogP contribution in [0.1, 0.15) is 17.5 Å². The minimum Gasteiger partial charge on any atom is -0.493 e. The molecule has 1 aromatic heterocycles. The molecule has 1 heterocycles. The number of aromatic nitrogens is 2. The summed E-state index contributed by atoms with van der Waals surface area (Å²) in [6.45, 7) is 1.87. The summed E-state index contributed by atoms with van der Waals surface area (Å²) >= 11 is 0. The third-order valence-corrected chi connectivity index (χ3v) is 2.68. The Morgan fingerprint density at radius 1 is 1.25 bits per heavy atom. The molecule has 0 aliphatic rings. The normalized spacial score (nSPS) is 10.3. The molecule has 0 aliphatic heterocycles. The molecule has 0 fully saturated rings. The van der Waals surface area contributed by atoms with Crippen molar-refractivity contribution < 1.29 is 19.0 Å². The number of rotatable bonds is 4. The van der Waals surface area contributed by atoms with Gasteiger partial charge in [0, 0.05) is 6.07 Å². The van der Waals surface area contributed by atoms with Crippen LogP contribution in [-0.2, 0) is 4.74 Å². The van der Waals surface area contributed by atoms with Crippen molar-refractivity contribution in [2.45, 2.75) is 6.92 Å². The van der Waals surface area contributed by atoms with E-state index in [1.54, 1.807) is 6.92 Å². The van der Waals surface area contributed by atoms with Gasteiger partial charge in [0.25, 0.3) is 5.56 Å².